The molecular weight excluding hydrogens is 568 g/mol. The molecule has 1 aliphatic rings. The predicted molar refractivity (Wildman–Crippen MR) is 167 cm³/mol. The average molecular weight is 595 g/mol. The first-order valence-electron chi connectivity index (χ1n) is 13.6. The van der Waals surface area contributed by atoms with Crippen molar-refractivity contribution in [3.8, 4) is 5.75 Å². The van der Waals surface area contributed by atoms with Gasteiger partial charge in [-0.2, -0.15) is 0 Å². The van der Waals surface area contributed by atoms with Crippen molar-refractivity contribution in [1.29, 1.82) is 0 Å². The van der Waals surface area contributed by atoms with Crippen molar-refractivity contribution < 1.29 is 14.3 Å². The summed E-state index contributed by atoms with van der Waals surface area (Å²) in [7, 11) is 0. The second-order valence-electron chi connectivity index (χ2n) is 9.82. The Bertz CT molecular complexity index is 2040. The van der Waals surface area contributed by atoms with E-state index in [1.54, 1.807) is 19.9 Å². The molecule has 4 aromatic carbocycles. The minimum Gasteiger partial charge on any atom is -0.489 e. The normalized spacial score (nSPS) is 14.9. The maximum Gasteiger partial charge on any atom is 0.338 e. The summed E-state index contributed by atoms with van der Waals surface area (Å²) in [6, 6.07) is 28.5. The highest BCUT2D eigenvalue weighted by Crippen LogP contribution is 2.34. The van der Waals surface area contributed by atoms with Gasteiger partial charge in [-0.3, -0.25) is 9.36 Å². The Hall–Kier alpha value is -4.46. The molecule has 0 aliphatic carbocycles. The number of hydrogen-bond donors (Lipinski definition) is 0. The van der Waals surface area contributed by atoms with E-state index in [0.717, 1.165) is 16.5 Å². The van der Waals surface area contributed by atoms with Crippen LogP contribution in [0.1, 0.15) is 36.6 Å². The number of esters is 1. The third-order valence-electron chi connectivity index (χ3n) is 7.15. The summed E-state index contributed by atoms with van der Waals surface area (Å²) in [5.41, 5.74) is 3.07. The maximum atomic E-state index is 13.9. The van der Waals surface area contributed by atoms with E-state index >= 15 is 0 Å². The lowest BCUT2D eigenvalue weighted by atomic mass is 9.96. The molecule has 1 atom stereocenters. The van der Waals surface area contributed by atoms with Gasteiger partial charge in [-0.05, 0) is 65.6 Å². The smallest absolute Gasteiger partial charge is 0.338 e. The molecule has 0 amide bonds. The quantitative estimate of drug-likeness (QED) is 0.211. The molecule has 1 aliphatic heterocycles. The minimum atomic E-state index is -0.758. The van der Waals surface area contributed by atoms with Crippen molar-refractivity contribution in [1.82, 2.24) is 4.57 Å². The number of nitrogens with zero attached hydrogens (tertiary/aromatic N) is 2. The number of benzene rings is 4. The van der Waals surface area contributed by atoms with Gasteiger partial charge in [0.15, 0.2) is 4.80 Å². The van der Waals surface area contributed by atoms with Gasteiger partial charge in [-0.25, -0.2) is 9.79 Å². The summed E-state index contributed by atoms with van der Waals surface area (Å²) in [6.07, 6.45) is 1.82. The SMILES string of the molecule is CCOC(=O)C1=C(C)N=c2s/c(=C\c3cccc(OCc4cccc5ccccc45)c3)c(=O)n2[C@@H]1c1ccccc1Cl. The summed E-state index contributed by atoms with van der Waals surface area (Å²) < 4.78 is 13.5. The van der Waals surface area contributed by atoms with Crippen LogP contribution in [0.15, 0.2) is 112 Å². The predicted octanol–water partition coefficient (Wildman–Crippen LogP) is 6.18. The number of fused-ring (bicyclic) bond motifs is 2. The summed E-state index contributed by atoms with van der Waals surface area (Å²) in [5, 5.41) is 2.77. The molecular formula is C34H27ClN2O4S. The van der Waals surface area contributed by atoms with Crippen LogP contribution in [-0.4, -0.2) is 17.1 Å². The Morgan fingerprint density at radius 2 is 1.79 bits per heavy atom. The number of aromatic nitrogens is 1. The second-order valence-corrected chi connectivity index (χ2v) is 11.2. The van der Waals surface area contributed by atoms with Crippen LogP contribution in [-0.2, 0) is 16.1 Å². The molecule has 1 aromatic heterocycles. The highest BCUT2D eigenvalue weighted by Gasteiger charge is 2.34. The highest BCUT2D eigenvalue weighted by atomic mass is 35.5. The number of thiazole rings is 1. The molecule has 0 bridgehead atoms. The van der Waals surface area contributed by atoms with Gasteiger partial charge in [0.2, 0.25) is 0 Å². The molecule has 5 aromatic rings. The number of carbonyl (C=O) groups excluding carboxylic acids is 1. The summed E-state index contributed by atoms with van der Waals surface area (Å²) >= 11 is 7.86. The van der Waals surface area contributed by atoms with E-state index < -0.39 is 12.0 Å². The van der Waals surface area contributed by atoms with Gasteiger partial charge < -0.3 is 9.47 Å². The Kier molecular flexibility index (Phi) is 7.78. The Labute approximate surface area is 251 Å². The summed E-state index contributed by atoms with van der Waals surface area (Å²) in [4.78, 5) is 32.1. The Balaban J connectivity index is 1.37. The van der Waals surface area contributed by atoms with E-state index in [1.807, 2.05) is 66.7 Å². The third-order valence-corrected chi connectivity index (χ3v) is 8.47. The number of hydrogen-bond acceptors (Lipinski definition) is 6. The molecule has 210 valence electrons. The largest absolute Gasteiger partial charge is 0.489 e. The van der Waals surface area contributed by atoms with Gasteiger partial charge in [0.1, 0.15) is 18.4 Å². The lowest BCUT2D eigenvalue weighted by Crippen LogP contribution is -2.40. The zero-order valence-electron chi connectivity index (χ0n) is 23.0. The van der Waals surface area contributed by atoms with E-state index in [0.29, 0.717) is 43.5 Å². The molecule has 0 N–H and O–H groups in total. The summed E-state index contributed by atoms with van der Waals surface area (Å²) in [5.74, 6) is 0.174. The first kappa shape index (κ1) is 27.7. The van der Waals surface area contributed by atoms with E-state index in [1.165, 1.54) is 21.3 Å². The zero-order chi connectivity index (χ0) is 29.2. The number of ether oxygens (including phenoxy) is 2. The van der Waals surface area contributed by atoms with Crippen molar-refractivity contribution in [2.75, 3.05) is 6.61 Å². The molecule has 6 rings (SSSR count). The van der Waals surface area contributed by atoms with E-state index in [-0.39, 0.29) is 12.2 Å². The van der Waals surface area contributed by atoms with Crippen LogP contribution >= 0.6 is 22.9 Å². The zero-order valence-corrected chi connectivity index (χ0v) is 24.6. The number of rotatable bonds is 7. The first-order chi connectivity index (χ1) is 20.4. The third kappa shape index (κ3) is 5.29. The van der Waals surface area contributed by atoms with E-state index in [2.05, 4.69) is 29.3 Å². The van der Waals surface area contributed by atoms with Crippen LogP contribution in [0.2, 0.25) is 5.02 Å². The van der Waals surface area contributed by atoms with Crippen LogP contribution in [0.25, 0.3) is 16.8 Å². The fourth-order valence-electron chi connectivity index (χ4n) is 5.21. The average Bonchev–Trinajstić information content (AvgIpc) is 3.29. The molecule has 0 radical (unpaired) electrons. The molecule has 0 spiro atoms. The maximum absolute atomic E-state index is 13.9. The monoisotopic (exact) mass is 594 g/mol. The molecule has 6 nitrogen and oxygen atoms in total. The van der Waals surface area contributed by atoms with Crippen molar-refractivity contribution in [3.63, 3.8) is 0 Å². The van der Waals surface area contributed by atoms with Crippen LogP contribution in [0.3, 0.4) is 0 Å². The molecule has 0 saturated heterocycles. The highest BCUT2D eigenvalue weighted by molar-refractivity contribution is 7.07. The topological polar surface area (TPSA) is 69.9 Å². The minimum absolute atomic E-state index is 0.203. The fraction of sp³-hybridized carbons (Fsp3) is 0.147. The molecule has 42 heavy (non-hydrogen) atoms. The number of carbonyl (C=O) groups is 1. The Morgan fingerprint density at radius 1 is 1.02 bits per heavy atom. The van der Waals surface area contributed by atoms with Crippen molar-refractivity contribution >= 4 is 45.8 Å². The van der Waals surface area contributed by atoms with Gasteiger partial charge in [0.25, 0.3) is 5.56 Å². The van der Waals surface area contributed by atoms with E-state index in [9.17, 15) is 9.59 Å². The van der Waals surface area contributed by atoms with Crippen LogP contribution in [0.4, 0.5) is 0 Å². The molecule has 0 fully saturated rings. The van der Waals surface area contributed by atoms with Gasteiger partial charge >= 0.3 is 5.97 Å². The molecule has 8 heteroatoms. The van der Waals surface area contributed by atoms with Crippen LogP contribution in [0.5, 0.6) is 5.75 Å². The molecule has 0 saturated carbocycles. The molecule has 0 unspecified atom stereocenters. The lowest BCUT2D eigenvalue weighted by Gasteiger charge is -2.25. The van der Waals surface area contributed by atoms with Gasteiger partial charge in [-0.15, -0.1) is 0 Å². The van der Waals surface area contributed by atoms with Gasteiger partial charge in [0, 0.05) is 5.02 Å². The number of allylic oxidation sites excluding steroid dienone is 1. The van der Waals surface area contributed by atoms with Crippen LogP contribution in [0, 0.1) is 0 Å². The van der Waals surface area contributed by atoms with Crippen molar-refractivity contribution in [2.45, 2.75) is 26.5 Å². The standard InChI is InChI=1S/C34H27ClN2O4S/c1-3-40-33(39)30-21(2)36-34-37(31(30)27-16-6-7-17-28(27)35)32(38)29(42-34)19-22-10-8-14-25(18-22)41-20-24-13-9-12-23-11-4-5-15-26(23)24/h4-19,31H,3,20H2,1-2H3/b29-19-/t31-/m1/s1. The van der Waals surface area contributed by atoms with Crippen molar-refractivity contribution in [2.24, 2.45) is 4.99 Å². The van der Waals surface area contributed by atoms with E-state index in [4.69, 9.17) is 21.1 Å². The van der Waals surface area contributed by atoms with Crippen molar-refractivity contribution in [3.05, 3.63) is 144 Å². The van der Waals surface area contributed by atoms with Crippen LogP contribution < -0.4 is 19.6 Å². The van der Waals surface area contributed by atoms with Gasteiger partial charge in [0.05, 0.1) is 22.4 Å². The fourth-order valence-corrected chi connectivity index (χ4v) is 6.49. The van der Waals surface area contributed by atoms with Gasteiger partial charge in [-0.1, -0.05) is 95.7 Å². The Morgan fingerprint density at radius 3 is 2.62 bits per heavy atom. The second kappa shape index (κ2) is 11.8. The first-order valence-corrected chi connectivity index (χ1v) is 14.8. The lowest BCUT2D eigenvalue weighted by molar-refractivity contribution is -0.139. The number of halogens is 1. The molecule has 2 heterocycles. The summed E-state index contributed by atoms with van der Waals surface area (Å²) in [6.45, 7) is 4.12.